The topological polar surface area (TPSA) is 39.7 Å². The Balaban J connectivity index is 1.47. The zero-order valence-corrected chi connectivity index (χ0v) is 17.6. The average Bonchev–Trinajstić information content (AvgIpc) is 3.30. The standard InChI is InChI=1S/C21H26N4OS2/c26-20(18-9-6-16-28-18)25(17-7-2-1-3-8-17)21(27)24-14-12-23(13-15-24)19-10-4-5-11-22-19/h4-6,9-11,16-17H,1-3,7-8,12-15H2. The van der Waals surface area contributed by atoms with Crippen molar-refractivity contribution in [3.05, 3.63) is 46.8 Å². The molecule has 2 aromatic heterocycles. The number of aromatic nitrogens is 1. The first-order valence-electron chi connectivity index (χ1n) is 10.1. The maximum atomic E-state index is 13.3. The van der Waals surface area contributed by atoms with Crippen LogP contribution in [0.5, 0.6) is 0 Å². The number of hydrogen-bond donors (Lipinski definition) is 0. The number of carbonyl (C=O) groups is 1. The molecule has 0 bridgehead atoms. The summed E-state index contributed by atoms with van der Waals surface area (Å²) in [4.78, 5) is 24.9. The summed E-state index contributed by atoms with van der Waals surface area (Å²) in [7, 11) is 0. The van der Waals surface area contributed by atoms with Gasteiger partial charge in [-0.2, -0.15) is 0 Å². The van der Waals surface area contributed by atoms with Crippen LogP contribution in [-0.4, -0.2) is 58.0 Å². The second-order valence-corrected chi connectivity index (χ2v) is 8.70. The van der Waals surface area contributed by atoms with E-state index in [9.17, 15) is 4.79 Å². The van der Waals surface area contributed by atoms with E-state index in [0.717, 1.165) is 49.7 Å². The van der Waals surface area contributed by atoms with E-state index in [2.05, 4.69) is 14.8 Å². The van der Waals surface area contributed by atoms with Crippen LogP contribution < -0.4 is 4.90 Å². The molecule has 148 valence electrons. The van der Waals surface area contributed by atoms with Crippen LogP contribution in [0.3, 0.4) is 0 Å². The van der Waals surface area contributed by atoms with Gasteiger partial charge in [0, 0.05) is 38.4 Å². The number of piperazine rings is 1. The lowest BCUT2D eigenvalue weighted by Crippen LogP contribution is -2.56. The molecule has 4 rings (SSSR count). The van der Waals surface area contributed by atoms with E-state index in [-0.39, 0.29) is 11.9 Å². The van der Waals surface area contributed by atoms with Crippen molar-refractivity contribution in [1.82, 2.24) is 14.8 Å². The van der Waals surface area contributed by atoms with Crippen molar-refractivity contribution in [3.63, 3.8) is 0 Å². The molecule has 1 saturated carbocycles. The summed E-state index contributed by atoms with van der Waals surface area (Å²) < 4.78 is 0. The number of amides is 1. The van der Waals surface area contributed by atoms with Crippen LogP contribution in [0.2, 0.25) is 0 Å². The molecule has 28 heavy (non-hydrogen) atoms. The van der Waals surface area contributed by atoms with Gasteiger partial charge in [0.1, 0.15) is 5.82 Å². The Labute approximate surface area is 176 Å². The second-order valence-electron chi connectivity index (χ2n) is 7.39. The van der Waals surface area contributed by atoms with Gasteiger partial charge in [-0.15, -0.1) is 11.3 Å². The van der Waals surface area contributed by atoms with Crippen molar-refractivity contribution in [2.24, 2.45) is 0 Å². The maximum absolute atomic E-state index is 13.3. The number of hydrogen-bond acceptors (Lipinski definition) is 5. The molecule has 0 spiro atoms. The van der Waals surface area contributed by atoms with E-state index in [0.29, 0.717) is 5.11 Å². The molecule has 1 aliphatic carbocycles. The van der Waals surface area contributed by atoms with Crippen molar-refractivity contribution < 1.29 is 4.79 Å². The minimum absolute atomic E-state index is 0.0686. The van der Waals surface area contributed by atoms with Crippen LogP contribution in [0.4, 0.5) is 5.82 Å². The third-order valence-corrected chi connectivity index (χ3v) is 6.93. The Bertz CT molecular complexity index is 782. The molecule has 5 nitrogen and oxygen atoms in total. The summed E-state index contributed by atoms with van der Waals surface area (Å²) in [6.45, 7) is 3.36. The Morgan fingerprint density at radius 1 is 1.07 bits per heavy atom. The fourth-order valence-electron chi connectivity index (χ4n) is 4.09. The third kappa shape index (κ3) is 4.20. The highest BCUT2D eigenvalue weighted by atomic mass is 32.1. The van der Waals surface area contributed by atoms with Gasteiger partial charge >= 0.3 is 0 Å². The van der Waals surface area contributed by atoms with Crippen LogP contribution in [-0.2, 0) is 0 Å². The lowest BCUT2D eigenvalue weighted by Gasteiger charge is -2.42. The predicted octanol–water partition coefficient (Wildman–Crippen LogP) is 4.03. The van der Waals surface area contributed by atoms with E-state index in [1.165, 1.54) is 30.6 Å². The van der Waals surface area contributed by atoms with Gasteiger partial charge in [-0.3, -0.25) is 9.69 Å². The molecule has 1 amide bonds. The normalized spacial score (nSPS) is 18.1. The molecule has 0 aromatic carbocycles. The van der Waals surface area contributed by atoms with E-state index in [1.54, 1.807) is 0 Å². The van der Waals surface area contributed by atoms with Crippen LogP contribution in [0.15, 0.2) is 41.9 Å². The Hall–Kier alpha value is -1.99. The first-order chi connectivity index (χ1) is 13.7. The number of pyridine rings is 1. The monoisotopic (exact) mass is 414 g/mol. The summed E-state index contributed by atoms with van der Waals surface area (Å²) in [5, 5.41) is 2.66. The van der Waals surface area contributed by atoms with Crippen molar-refractivity contribution in [3.8, 4) is 0 Å². The van der Waals surface area contributed by atoms with Gasteiger partial charge in [0.2, 0.25) is 0 Å². The van der Waals surface area contributed by atoms with Crippen LogP contribution in [0, 0.1) is 0 Å². The van der Waals surface area contributed by atoms with Gasteiger partial charge in [-0.05, 0) is 48.6 Å². The predicted molar refractivity (Wildman–Crippen MR) is 118 cm³/mol. The highest BCUT2D eigenvalue weighted by Crippen LogP contribution is 2.27. The number of anilines is 1. The van der Waals surface area contributed by atoms with Crippen molar-refractivity contribution in [2.45, 2.75) is 38.1 Å². The van der Waals surface area contributed by atoms with E-state index < -0.39 is 0 Å². The molecule has 2 aromatic rings. The minimum Gasteiger partial charge on any atom is -0.353 e. The molecular weight excluding hydrogens is 388 g/mol. The molecule has 7 heteroatoms. The fraction of sp³-hybridized carbons (Fsp3) is 0.476. The summed E-state index contributed by atoms with van der Waals surface area (Å²) in [5.41, 5.74) is 0. The quantitative estimate of drug-likeness (QED) is 0.710. The fourth-order valence-corrected chi connectivity index (χ4v) is 5.16. The minimum atomic E-state index is 0.0686. The van der Waals surface area contributed by atoms with Gasteiger partial charge < -0.3 is 9.80 Å². The van der Waals surface area contributed by atoms with Gasteiger partial charge in [-0.25, -0.2) is 4.98 Å². The molecule has 3 heterocycles. The van der Waals surface area contributed by atoms with Crippen molar-refractivity contribution >= 4 is 40.4 Å². The third-order valence-electron chi connectivity index (χ3n) is 5.62. The van der Waals surface area contributed by atoms with Crippen LogP contribution in [0.1, 0.15) is 41.8 Å². The SMILES string of the molecule is O=C(c1cccs1)N(C(=S)N1CCN(c2ccccn2)CC1)C1CCCCC1. The number of carbonyl (C=O) groups excluding carboxylic acids is 1. The molecule has 1 saturated heterocycles. The smallest absolute Gasteiger partial charge is 0.270 e. The molecule has 2 aliphatic rings. The first kappa shape index (κ1) is 19.3. The van der Waals surface area contributed by atoms with Gasteiger partial charge in [0.25, 0.3) is 5.91 Å². The largest absolute Gasteiger partial charge is 0.353 e. The summed E-state index contributed by atoms with van der Waals surface area (Å²) in [6, 6.07) is 10.1. The summed E-state index contributed by atoms with van der Waals surface area (Å²) in [6.07, 6.45) is 7.53. The zero-order valence-electron chi connectivity index (χ0n) is 16.0. The molecular formula is C21H26N4OS2. The molecule has 0 radical (unpaired) electrons. The highest BCUT2D eigenvalue weighted by Gasteiger charge is 2.33. The average molecular weight is 415 g/mol. The molecule has 1 aliphatic heterocycles. The number of nitrogens with zero attached hydrogens (tertiary/aromatic N) is 4. The zero-order chi connectivity index (χ0) is 19.3. The van der Waals surface area contributed by atoms with E-state index >= 15 is 0 Å². The summed E-state index contributed by atoms with van der Waals surface area (Å²) in [5.74, 6) is 1.07. The van der Waals surface area contributed by atoms with E-state index in [1.807, 2.05) is 46.8 Å². The Kier molecular flexibility index (Phi) is 6.22. The lowest BCUT2D eigenvalue weighted by molar-refractivity contribution is 0.0760. The van der Waals surface area contributed by atoms with Crippen LogP contribution in [0.25, 0.3) is 0 Å². The maximum Gasteiger partial charge on any atom is 0.270 e. The number of thiophene rings is 1. The second kappa shape index (κ2) is 9.01. The summed E-state index contributed by atoms with van der Waals surface area (Å²) >= 11 is 7.38. The highest BCUT2D eigenvalue weighted by molar-refractivity contribution is 7.80. The molecule has 0 atom stereocenters. The molecule has 2 fully saturated rings. The lowest BCUT2D eigenvalue weighted by atomic mass is 9.94. The molecule has 0 N–H and O–H groups in total. The van der Waals surface area contributed by atoms with Gasteiger partial charge in [-0.1, -0.05) is 31.4 Å². The number of thiocarbonyl (C=S) groups is 1. The van der Waals surface area contributed by atoms with Gasteiger partial charge in [0.15, 0.2) is 5.11 Å². The molecule has 0 unspecified atom stereocenters. The van der Waals surface area contributed by atoms with Crippen molar-refractivity contribution in [2.75, 3.05) is 31.1 Å². The van der Waals surface area contributed by atoms with E-state index in [4.69, 9.17) is 12.2 Å². The van der Waals surface area contributed by atoms with Crippen molar-refractivity contribution in [1.29, 1.82) is 0 Å². The Morgan fingerprint density at radius 3 is 2.50 bits per heavy atom. The van der Waals surface area contributed by atoms with Crippen LogP contribution >= 0.6 is 23.6 Å². The van der Waals surface area contributed by atoms with Gasteiger partial charge in [0.05, 0.1) is 4.88 Å². The first-order valence-corrected chi connectivity index (χ1v) is 11.3. The number of rotatable bonds is 3. The Morgan fingerprint density at radius 2 is 1.86 bits per heavy atom.